The number of aryl methyl sites for hydroxylation is 1. The number of halogens is 2. The number of hydrogen-bond acceptors (Lipinski definition) is 4. The summed E-state index contributed by atoms with van der Waals surface area (Å²) in [5.41, 5.74) is 1.41. The Morgan fingerprint density at radius 1 is 1.16 bits per heavy atom. The Balaban J connectivity index is 1.88. The Bertz CT molecular complexity index is 865. The quantitative estimate of drug-likeness (QED) is 0.644. The van der Waals surface area contributed by atoms with Gasteiger partial charge in [0.15, 0.2) is 5.16 Å². The Kier molecular flexibility index (Phi) is 5.63. The lowest BCUT2D eigenvalue weighted by Crippen LogP contribution is -2.19. The van der Waals surface area contributed by atoms with Crippen LogP contribution in [0.1, 0.15) is 10.8 Å². The van der Waals surface area contributed by atoms with Crippen LogP contribution in [0, 0.1) is 0 Å². The molecule has 1 atom stereocenters. The van der Waals surface area contributed by atoms with E-state index < -0.39 is 5.25 Å². The van der Waals surface area contributed by atoms with Gasteiger partial charge in [0.05, 0.1) is 0 Å². The maximum absolute atomic E-state index is 12.9. The summed E-state index contributed by atoms with van der Waals surface area (Å²) >= 11 is 13.3. The van der Waals surface area contributed by atoms with Crippen molar-refractivity contribution in [3.63, 3.8) is 0 Å². The number of anilines is 1. The summed E-state index contributed by atoms with van der Waals surface area (Å²) in [5.74, 6) is -0.197. The molecule has 0 spiro atoms. The van der Waals surface area contributed by atoms with Gasteiger partial charge in [-0.1, -0.05) is 65.3 Å². The standard InChI is InChI=1S/C17H14Cl2N4OS/c1-23-10-20-22-17(23)25-15(11-5-3-2-4-6-11)16(24)21-14-8-12(18)7-13(19)9-14/h2-10,15H,1H3,(H,21,24)/t15-/m0/s1. The molecule has 3 rings (SSSR count). The number of thioether (sulfide) groups is 1. The minimum absolute atomic E-state index is 0.197. The SMILES string of the molecule is Cn1cnnc1S[C@H](C(=O)Nc1cc(Cl)cc(Cl)c1)c1ccccc1. The molecule has 5 nitrogen and oxygen atoms in total. The van der Waals surface area contributed by atoms with Crippen LogP contribution in [0.25, 0.3) is 0 Å². The largest absolute Gasteiger partial charge is 0.325 e. The molecule has 0 radical (unpaired) electrons. The number of aromatic nitrogens is 3. The molecule has 1 N–H and O–H groups in total. The smallest absolute Gasteiger partial charge is 0.242 e. The van der Waals surface area contributed by atoms with Crippen LogP contribution in [0.4, 0.5) is 5.69 Å². The van der Waals surface area contributed by atoms with Gasteiger partial charge < -0.3 is 9.88 Å². The lowest BCUT2D eigenvalue weighted by molar-refractivity contribution is -0.115. The Morgan fingerprint density at radius 2 is 1.84 bits per heavy atom. The van der Waals surface area contributed by atoms with Gasteiger partial charge in [0, 0.05) is 22.8 Å². The van der Waals surface area contributed by atoms with E-state index in [1.165, 1.54) is 11.8 Å². The van der Waals surface area contributed by atoms with Crippen molar-refractivity contribution >= 4 is 46.6 Å². The molecule has 0 aliphatic carbocycles. The molecule has 3 aromatic rings. The number of rotatable bonds is 5. The van der Waals surface area contributed by atoms with Crippen molar-refractivity contribution in [1.29, 1.82) is 0 Å². The van der Waals surface area contributed by atoms with Gasteiger partial charge in [0.2, 0.25) is 5.91 Å². The molecule has 1 amide bonds. The summed E-state index contributed by atoms with van der Waals surface area (Å²) in [6.45, 7) is 0. The van der Waals surface area contributed by atoms with Crippen molar-refractivity contribution in [1.82, 2.24) is 14.8 Å². The number of carbonyl (C=O) groups excluding carboxylic acids is 1. The highest BCUT2D eigenvalue weighted by Crippen LogP contribution is 2.35. The third kappa shape index (κ3) is 4.54. The van der Waals surface area contributed by atoms with Crippen molar-refractivity contribution in [2.75, 3.05) is 5.32 Å². The van der Waals surface area contributed by atoms with E-state index >= 15 is 0 Å². The van der Waals surface area contributed by atoms with Crippen molar-refractivity contribution in [2.45, 2.75) is 10.4 Å². The maximum atomic E-state index is 12.9. The molecule has 0 fully saturated rings. The van der Waals surface area contributed by atoms with Crippen molar-refractivity contribution in [3.05, 3.63) is 70.5 Å². The van der Waals surface area contributed by atoms with Gasteiger partial charge >= 0.3 is 0 Å². The molecule has 0 unspecified atom stereocenters. The third-order valence-corrected chi connectivity index (χ3v) is 5.10. The summed E-state index contributed by atoms with van der Waals surface area (Å²) in [4.78, 5) is 12.9. The number of nitrogens with one attached hydrogen (secondary N) is 1. The third-order valence-electron chi connectivity index (χ3n) is 3.36. The van der Waals surface area contributed by atoms with E-state index in [9.17, 15) is 4.79 Å². The van der Waals surface area contributed by atoms with Crippen LogP contribution in [-0.4, -0.2) is 20.7 Å². The van der Waals surface area contributed by atoms with E-state index in [1.807, 2.05) is 37.4 Å². The first-order chi connectivity index (χ1) is 12.0. The predicted molar refractivity (Wildman–Crippen MR) is 101 cm³/mol. The van der Waals surface area contributed by atoms with Crippen LogP contribution in [0.3, 0.4) is 0 Å². The molecule has 25 heavy (non-hydrogen) atoms. The zero-order chi connectivity index (χ0) is 17.8. The minimum Gasteiger partial charge on any atom is -0.325 e. The van der Waals surface area contributed by atoms with Gasteiger partial charge in [-0.25, -0.2) is 0 Å². The molecule has 0 aliphatic heterocycles. The predicted octanol–water partition coefficient (Wildman–Crippen LogP) is 4.59. The lowest BCUT2D eigenvalue weighted by atomic mass is 10.1. The average molecular weight is 393 g/mol. The first-order valence-electron chi connectivity index (χ1n) is 7.35. The lowest BCUT2D eigenvalue weighted by Gasteiger charge is -2.16. The van der Waals surface area contributed by atoms with E-state index in [0.717, 1.165) is 5.56 Å². The van der Waals surface area contributed by atoms with Crippen LogP contribution in [-0.2, 0) is 11.8 Å². The number of nitrogens with zero attached hydrogens (tertiary/aromatic N) is 3. The number of hydrogen-bond donors (Lipinski definition) is 1. The first-order valence-corrected chi connectivity index (χ1v) is 8.99. The van der Waals surface area contributed by atoms with Gasteiger partial charge in [0.1, 0.15) is 11.6 Å². The highest BCUT2D eigenvalue weighted by atomic mass is 35.5. The van der Waals surface area contributed by atoms with E-state index in [1.54, 1.807) is 29.1 Å². The highest BCUT2D eigenvalue weighted by Gasteiger charge is 2.24. The maximum Gasteiger partial charge on any atom is 0.242 e. The van der Waals surface area contributed by atoms with E-state index in [4.69, 9.17) is 23.2 Å². The van der Waals surface area contributed by atoms with Crippen molar-refractivity contribution in [2.24, 2.45) is 7.05 Å². The molecule has 1 aromatic heterocycles. The second-order valence-electron chi connectivity index (χ2n) is 5.28. The molecule has 8 heteroatoms. The summed E-state index contributed by atoms with van der Waals surface area (Å²) < 4.78 is 1.77. The fraction of sp³-hybridized carbons (Fsp3) is 0.118. The van der Waals surface area contributed by atoms with Crippen LogP contribution in [0.2, 0.25) is 10.0 Å². The summed E-state index contributed by atoms with van der Waals surface area (Å²) in [7, 11) is 1.83. The fourth-order valence-electron chi connectivity index (χ4n) is 2.22. The zero-order valence-electron chi connectivity index (χ0n) is 13.2. The molecule has 2 aromatic carbocycles. The molecule has 1 heterocycles. The zero-order valence-corrected chi connectivity index (χ0v) is 15.5. The number of benzene rings is 2. The minimum atomic E-state index is -0.498. The molecule has 0 bridgehead atoms. The normalized spacial score (nSPS) is 12.0. The molecular formula is C17H14Cl2N4OS. The van der Waals surface area contributed by atoms with Gasteiger partial charge in [0.25, 0.3) is 0 Å². The molecule has 0 saturated heterocycles. The van der Waals surface area contributed by atoms with Crippen LogP contribution in [0.15, 0.2) is 60.0 Å². The van der Waals surface area contributed by atoms with Gasteiger partial charge in [-0.15, -0.1) is 10.2 Å². The van der Waals surface area contributed by atoms with Gasteiger partial charge in [-0.2, -0.15) is 0 Å². The van der Waals surface area contributed by atoms with Crippen LogP contribution in [0.5, 0.6) is 0 Å². The van der Waals surface area contributed by atoms with Crippen molar-refractivity contribution in [3.8, 4) is 0 Å². The summed E-state index contributed by atoms with van der Waals surface area (Å²) in [6.07, 6.45) is 1.60. The van der Waals surface area contributed by atoms with Gasteiger partial charge in [-0.3, -0.25) is 4.79 Å². The van der Waals surface area contributed by atoms with Gasteiger partial charge in [-0.05, 0) is 23.8 Å². The van der Waals surface area contributed by atoms with E-state index in [0.29, 0.717) is 20.9 Å². The Labute approximate surface area is 159 Å². The number of amides is 1. The summed E-state index contributed by atoms with van der Waals surface area (Å²) in [5, 5.41) is 11.8. The number of carbonyl (C=O) groups is 1. The topological polar surface area (TPSA) is 59.8 Å². The van der Waals surface area contributed by atoms with E-state index in [2.05, 4.69) is 15.5 Å². The monoisotopic (exact) mass is 392 g/mol. The average Bonchev–Trinajstić information content (AvgIpc) is 2.97. The van der Waals surface area contributed by atoms with Crippen LogP contribution >= 0.6 is 35.0 Å². The van der Waals surface area contributed by atoms with Crippen LogP contribution < -0.4 is 5.32 Å². The molecular weight excluding hydrogens is 379 g/mol. The molecule has 128 valence electrons. The second-order valence-corrected chi connectivity index (χ2v) is 7.23. The second kappa shape index (κ2) is 7.91. The fourth-order valence-corrected chi connectivity index (χ4v) is 3.72. The molecule has 0 aliphatic rings. The highest BCUT2D eigenvalue weighted by molar-refractivity contribution is 8.00. The summed E-state index contributed by atoms with van der Waals surface area (Å²) in [6, 6.07) is 14.4. The Morgan fingerprint density at radius 3 is 2.44 bits per heavy atom. The van der Waals surface area contributed by atoms with E-state index in [-0.39, 0.29) is 5.91 Å². The Hall–Kier alpha value is -2.02. The molecule has 0 saturated carbocycles. The van der Waals surface area contributed by atoms with Crippen molar-refractivity contribution < 1.29 is 4.79 Å². The first kappa shape index (κ1) is 17.8.